The van der Waals surface area contributed by atoms with Gasteiger partial charge in [0.25, 0.3) is 0 Å². The summed E-state index contributed by atoms with van der Waals surface area (Å²) in [6.07, 6.45) is 1.99. The first-order chi connectivity index (χ1) is 18.8. The van der Waals surface area contributed by atoms with Gasteiger partial charge in [0.2, 0.25) is 0 Å². The molecule has 0 radical (unpaired) electrons. The molecule has 4 aromatic heterocycles. The zero-order valence-electron chi connectivity index (χ0n) is 20.4. The highest BCUT2D eigenvalue weighted by Crippen LogP contribution is 2.40. The van der Waals surface area contributed by atoms with Crippen molar-refractivity contribution in [1.29, 1.82) is 0 Å². The highest BCUT2D eigenvalue weighted by Gasteiger charge is 2.18. The fraction of sp³-hybridized carbons (Fsp3) is 0. The molecule has 0 saturated heterocycles. The summed E-state index contributed by atoms with van der Waals surface area (Å²) >= 11 is 1.84. The Morgan fingerprint density at radius 1 is 0.526 bits per heavy atom. The largest absolute Gasteiger partial charge is 0.292 e. The molecule has 0 aliphatic carbocycles. The van der Waals surface area contributed by atoms with E-state index in [2.05, 4.69) is 114 Å². The third-order valence-electron chi connectivity index (χ3n) is 7.24. The molecule has 4 heterocycles. The SMILES string of the molecule is c1ccc(-c2cnc3c4cc5c(cc4n(-c4cccc(-c6ccccc6)n4)c3c2)sc2ccccc25)cc1. The Balaban J connectivity index is 1.47. The maximum absolute atomic E-state index is 5.15. The fourth-order valence-electron chi connectivity index (χ4n) is 5.45. The number of benzene rings is 4. The van der Waals surface area contributed by atoms with Crippen molar-refractivity contribution in [3.63, 3.8) is 0 Å². The second-order valence-electron chi connectivity index (χ2n) is 9.50. The topological polar surface area (TPSA) is 30.7 Å². The van der Waals surface area contributed by atoms with Crippen LogP contribution in [0, 0.1) is 0 Å². The van der Waals surface area contributed by atoms with Crippen molar-refractivity contribution in [2.45, 2.75) is 0 Å². The van der Waals surface area contributed by atoms with Crippen molar-refractivity contribution >= 4 is 53.4 Å². The lowest BCUT2D eigenvalue weighted by molar-refractivity contribution is 1.08. The third kappa shape index (κ3) is 3.28. The molecule has 0 amide bonds. The molecule has 0 N–H and O–H groups in total. The summed E-state index contributed by atoms with van der Waals surface area (Å²) in [6, 6.07) is 42.6. The molecule has 0 spiro atoms. The predicted octanol–water partition coefficient (Wildman–Crippen LogP) is 9.28. The molecule has 8 aromatic rings. The van der Waals surface area contributed by atoms with Crippen LogP contribution in [0.1, 0.15) is 0 Å². The Kier molecular flexibility index (Phi) is 4.69. The van der Waals surface area contributed by atoms with Gasteiger partial charge in [0.05, 0.1) is 22.2 Å². The molecule has 4 aromatic carbocycles. The van der Waals surface area contributed by atoms with E-state index in [0.29, 0.717) is 0 Å². The van der Waals surface area contributed by atoms with Gasteiger partial charge in [-0.15, -0.1) is 11.3 Å². The monoisotopic (exact) mass is 503 g/mol. The maximum atomic E-state index is 5.15. The van der Waals surface area contributed by atoms with E-state index in [9.17, 15) is 0 Å². The van der Waals surface area contributed by atoms with E-state index in [-0.39, 0.29) is 0 Å². The van der Waals surface area contributed by atoms with E-state index in [1.807, 2.05) is 29.7 Å². The molecule has 38 heavy (non-hydrogen) atoms. The van der Waals surface area contributed by atoms with E-state index in [1.54, 1.807) is 0 Å². The molecule has 8 rings (SSSR count). The minimum atomic E-state index is 0.888. The maximum Gasteiger partial charge on any atom is 0.138 e. The van der Waals surface area contributed by atoms with Crippen LogP contribution in [0.3, 0.4) is 0 Å². The Morgan fingerprint density at radius 2 is 1.29 bits per heavy atom. The van der Waals surface area contributed by atoms with Crippen molar-refractivity contribution in [2.24, 2.45) is 0 Å². The first kappa shape index (κ1) is 21.3. The van der Waals surface area contributed by atoms with Crippen molar-refractivity contribution in [3.8, 4) is 28.2 Å². The third-order valence-corrected chi connectivity index (χ3v) is 8.37. The van der Waals surface area contributed by atoms with E-state index in [1.165, 1.54) is 20.2 Å². The summed E-state index contributed by atoms with van der Waals surface area (Å²) in [5, 5.41) is 3.71. The molecule has 0 fully saturated rings. The summed E-state index contributed by atoms with van der Waals surface area (Å²) in [5.74, 6) is 0.888. The molecule has 0 unspecified atom stereocenters. The first-order valence-electron chi connectivity index (χ1n) is 12.7. The smallest absolute Gasteiger partial charge is 0.138 e. The van der Waals surface area contributed by atoms with Gasteiger partial charge in [0.15, 0.2) is 0 Å². The molecule has 0 saturated carbocycles. The van der Waals surface area contributed by atoms with Crippen molar-refractivity contribution in [2.75, 3.05) is 0 Å². The number of aromatic nitrogens is 3. The number of pyridine rings is 2. The van der Waals surface area contributed by atoms with Gasteiger partial charge in [0.1, 0.15) is 5.82 Å². The van der Waals surface area contributed by atoms with Crippen LogP contribution in [0.15, 0.2) is 128 Å². The molecule has 0 atom stereocenters. The number of rotatable bonds is 3. The molecule has 0 aliphatic heterocycles. The number of nitrogens with zero attached hydrogens (tertiary/aromatic N) is 3. The molecule has 0 bridgehead atoms. The van der Waals surface area contributed by atoms with Gasteiger partial charge in [0, 0.05) is 42.9 Å². The van der Waals surface area contributed by atoms with E-state index >= 15 is 0 Å². The average Bonchev–Trinajstić information content (AvgIpc) is 3.51. The highest BCUT2D eigenvalue weighted by molar-refractivity contribution is 7.25. The number of hydrogen-bond acceptors (Lipinski definition) is 3. The summed E-state index contributed by atoms with van der Waals surface area (Å²) in [7, 11) is 0. The summed E-state index contributed by atoms with van der Waals surface area (Å²) in [6.45, 7) is 0. The predicted molar refractivity (Wildman–Crippen MR) is 160 cm³/mol. The van der Waals surface area contributed by atoms with Gasteiger partial charge in [-0.25, -0.2) is 4.98 Å². The van der Waals surface area contributed by atoms with Gasteiger partial charge in [-0.05, 0) is 42.0 Å². The Morgan fingerprint density at radius 3 is 2.13 bits per heavy atom. The van der Waals surface area contributed by atoms with E-state index < -0.39 is 0 Å². The first-order valence-corrected chi connectivity index (χ1v) is 13.5. The summed E-state index contributed by atoms with van der Waals surface area (Å²) in [5.41, 5.74) is 7.46. The van der Waals surface area contributed by atoms with Crippen LogP contribution in [0.5, 0.6) is 0 Å². The molecule has 3 nitrogen and oxygen atoms in total. The summed E-state index contributed by atoms with van der Waals surface area (Å²) in [4.78, 5) is 10.2. The zero-order chi connectivity index (χ0) is 25.1. The van der Waals surface area contributed by atoms with Crippen LogP contribution in [-0.4, -0.2) is 14.5 Å². The second-order valence-corrected chi connectivity index (χ2v) is 10.6. The van der Waals surface area contributed by atoms with Gasteiger partial charge in [-0.3, -0.25) is 9.55 Å². The van der Waals surface area contributed by atoms with Crippen LogP contribution >= 0.6 is 11.3 Å². The Hall–Kier alpha value is -4.80. The second kappa shape index (κ2) is 8.37. The lowest BCUT2D eigenvalue weighted by Gasteiger charge is -2.10. The Bertz CT molecular complexity index is 2120. The van der Waals surface area contributed by atoms with Gasteiger partial charge in [-0.2, -0.15) is 0 Å². The molecular weight excluding hydrogens is 482 g/mol. The molecule has 0 aliphatic rings. The zero-order valence-corrected chi connectivity index (χ0v) is 21.2. The van der Waals surface area contributed by atoms with Crippen LogP contribution in [0.4, 0.5) is 0 Å². The molecule has 178 valence electrons. The standard InChI is InChI=1S/C34H21N3S/c1-3-10-22(11-4-1)24-18-30-34(35-21-24)27-19-26-25-14-7-8-16-31(25)38-32(26)20-29(27)37(30)33-17-9-15-28(36-33)23-12-5-2-6-13-23/h1-21H. The minimum Gasteiger partial charge on any atom is -0.292 e. The van der Waals surface area contributed by atoms with Crippen LogP contribution < -0.4 is 0 Å². The minimum absolute atomic E-state index is 0.888. The van der Waals surface area contributed by atoms with Gasteiger partial charge >= 0.3 is 0 Å². The van der Waals surface area contributed by atoms with Crippen LogP contribution in [-0.2, 0) is 0 Å². The lowest BCUT2D eigenvalue weighted by Crippen LogP contribution is -1.98. The van der Waals surface area contributed by atoms with E-state index in [4.69, 9.17) is 9.97 Å². The highest BCUT2D eigenvalue weighted by atomic mass is 32.1. The fourth-order valence-corrected chi connectivity index (χ4v) is 6.57. The van der Waals surface area contributed by atoms with Gasteiger partial charge in [-0.1, -0.05) is 84.9 Å². The lowest BCUT2D eigenvalue weighted by atomic mass is 10.1. The Labute approximate surface area is 223 Å². The normalized spacial score (nSPS) is 11.7. The van der Waals surface area contributed by atoms with Crippen molar-refractivity contribution in [3.05, 3.63) is 128 Å². The van der Waals surface area contributed by atoms with Crippen molar-refractivity contribution < 1.29 is 0 Å². The van der Waals surface area contributed by atoms with Crippen LogP contribution in [0.25, 0.3) is 70.3 Å². The summed E-state index contributed by atoms with van der Waals surface area (Å²) < 4.78 is 4.85. The van der Waals surface area contributed by atoms with E-state index in [0.717, 1.165) is 50.1 Å². The van der Waals surface area contributed by atoms with Crippen molar-refractivity contribution in [1.82, 2.24) is 14.5 Å². The molecule has 4 heteroatoms. The number of hydrogen-bond donors (Lipinski definition) is 0. The quantitative estimate of drug-likeness (QED) is 0.240. The van der Waals surface area contributed by atoms with Crippen LogP contribution in [0.2, 0.25) is 0 Å². The average molecular weight is 504 g/mol. The number of thiophene rings is 1. The number of fused-ring (bicyclic) bond motifs is 6. The molecular formula is C34H21N3S. The van der Waals surface area contributed by atoms with Gasteiger partial charge < -0.3 is 0 Å².